The normalized spacial score (nSPS) is 10.9. The average Bonchev–Trinajstić information content (AvgIpc) is 4.01. The molecule has 0 spiro atoms. The summed E-state index contributed by atoms with van der Waals surface area (Å²) in [4.78, 5) is 84.4. The Labute approximate surface area is 455 Å². The Hall–Kier alpha value is -6.51. The molecule has 0 saturated heterocycles. The number of urea groups is 2. The van der Waals surface area contributed by atoms with Crippen LogP contribution < -0.4 is 16.0 Å². The van der Waals surface area contributed by atoms with Gasteiger partial charge in [0.15, 0.2) is 10.1 Å². The average molecular weight is 1140 g/mol. The fourth-order valence-corrected chi connectivity index (χ4v) is 8.21. The monoisotopic (exact) mass is 1140 g/mol. The first kappa shape index (κ1) is 63.6. The van der Waals surface area contributed by atoms with Gasteiger partial charge in [-0.1, -0.05) is 83.1 Å². The van der Waals surface area contributed by atoms with Crippen molar-refractivity contribution in [3.8, 4) is 0 Å². The standard InChI is InChI=1S/C23H24ClFN4O5S.C15H20ClFN2O4.C8H4N4OS.2H2S/c1-29(22(31)26-12-14-6-5-7-16(25)20(14)24)15(10-11-19(30)33-2)13-34-23(32)28-21-27-17-8-3-4-9-18(17)35-21;1-19(11(9-20)6-7-13(21)23-2)15(22)18-8-10-4-3-5-12(17)14(10)16;9-12-11-7(13)8-10-5-3-1-2-4-6(5)14-8;;/h3-9,15H,10-13H2,1-2H3,(H,26,31)(H,27,28,32);3-5,11,20H,6-9H2,1-2H3,(H,18,22);1-4H;2*1H2/t15-;11-;;;/m00.../s1. The second kappa shape index (κ2) is 32.6. The summed E-state index contributed by atoms with van der Waals surface area (Å²) < 4.78 is 43.3. The number of methoxy groups -OCH3 is 2. The maximum absolute atomic E-state index is 13.6. The number of aromatic nitrogens is 2. The third-order valence-corrected chi connectivity index (χ3v) is 13.0. The summed E-state index contributed by atoms with van der Waals surface area (Å²) in [5, 5.41) is 20.6. The minimum Gasteiger partial charge on any atom is -0.469 e. The first-order valence-electron chi connectivity index (χ1n) is 21.4. The summed E-state index contributed by atoms with van der Waals surface area (Å²) in [6.07, 6.45) is -0.182. The number of carbonyl (C=O) groups excluding carboxylic acids is 6. The summed E-state index contributed by atoms with van der Waals surface area (Å²) >= 11 is 14.3. The molecule has 74 heavy (non-hydrogen) atoms. The van der Waals surface area contributed by atoms with E-state index in [9.17, 15) is 42.7 Å². The molecular weight excluding hydrogens is 1090 g/mol. The highest BCUT2D eigenvalue weighted by atomic mass is 35.5. The molecule has 6 amide bonds. The summed E-state index contributed by atoms with van der Waals surface area (Å²) in [6.45, 7) is -0.433. The number of esters is 2. The number of fused-ring (bicyclic) bond motifs is 2. The van der Waals surface area contributed by atoms with Crippen LogP contribution in [0.2, 0.25) is 10.0 Å². The molecule has 20 nitrogen and oxygen atoms in total. The maximum Gasteiger partial charge on any atom is 0.413 e. The van der Waals surface area contributed by atoms with Crippen molar-refractivity contribution in [3.05, 3.63) is 133 Å². The molecule has 4 aromatic carbocycles. The van der Waals surface area contributed by atoms with Crippen LogP contribution in [0.3, 0.4) is 0 Å². The van der Waals surface area contributed by atoms with Crippen LogP contribution in [0.5, 0.6) is 0 Å². The van der Waals surface area contributed by atoms with Gasteiger partial charge in [-0.15, -0.1) is 11.3 Å². The SMILES string of the molecule is COC(=O)CC[C@@H](CO)N(C)C(=O)NCc1cccc(F)c1Cl.COC(=O)CC[C@@H](COC(=O)Nc1nc2ccccc2s1)N(C)C(=O)NCc1cccc(F)c1Cl.S.S.[N-]=[N+]=NC(=O)c1nc2ccccc2s1. The van der Waals surface area contributed by atoms with E-state index in [0.717, 1.165) is 20.4 Å². The van der Waals surface area contributed by atoms with Crippen LogP contribution in [0.4, 0.5) is 28.3 Å². The summed E-state index contributed by atoms with van der Waals surface area (Å²) in [7, 11) is 5.54. The van der Waals surface area contributed by atoms with Gasteiger partial charge in [-0.25, -0.2) is 33.1 Å². The lowest BCUT2D eigenvalue weighted by atomic mass is 10.1. The molecule has 4 N–H and O–H groups in total. The van der Waals surface area contributed by atoms with E-state index in [1.165, 1.54) is 85.1 Å². The molecule has 2 atom stereocenters. The number of nitrogens with zero attached hydrogens (tertiary/aromatic N) is 7. The smallest absolute Gasteiger partial charge is 0.413 e. The van der Waals surface area contributed by atoms with E-state index < -0.39 is 59.7 Å². The van der Waals surface area contributed by atoms with Gasteiger partial charge in [0.1, 0.15) is 18.2 Å². The van der Waals surface area contributed by atoms with Crippen molar-refractivity contribution >= 4 is 134 Å². The molecule has 2 heterocycles. The number of aliphatic hydroxyl groups is 1. The number of amides is 6. The molecule has 2 aromatic heterocycles. The highest BCUT2D eigenvalue weighted by Gasteiger charge is 2.24. The van der Waals surface area contributed by atoms with Gasteiger partial charge in [-0.3, -0.25) is 19.7 Å². The van der Waals surface area contributed by atoms with E-state index in [0.29, 0.717) is 16.3 Å². The Kier molecular flexibility index (Phi) is 28.0. The van der Waals surface area contributed by atoms with Crippen molar-refractivity contribution in [2.45, 2.75) is 50.9 Å². The zero-order valence-corrected chi connectivity index (χ0v) is 45.1. The minimum absolute atomic E-state index is 0. The van der Waals surface area contributed by atoms with Gasteiger partial charge >= 0.3 is 30.1 Å². The van der Waals surface area contributed by atoms with E-state index in [1.807, 2.05) is 42.5 Å². The van der Waals surface area contributed by atoms with Crippen molar-refractivity contribution in [2.24, 2.45) is 5.11 Å². The summed E-state index contributed by atoms with van der Waals surface area (Å²) in [5.74, 6) is -2.65. The Balaban J connectivity index is 0.000000412. The van der Waals surface area contributed by atoms with Crippen LogP contribution in [-0.2, 0) is 36.9 Å². The molecule has 0 saturated carbocycles. The van der Waals surface area contributed by atoms with Gasteiger partial charge in [0.2, 0.25) is 0 Å². The number of nitrogens with one attached hydrogen (secondary N) is 3. The van der Waals surface area contributed by atoms with Crippen molar-refractivity contribution < 1.29 is 56.9 Å². The quantitative estimate of drug-likeness (QED) is 0.0219. The number of hydrogen-bond donors (Lipinski definition) is 4. The van der Waals surface area contributed by atoms with Crippen LogP contribution in [0.15, 0.2) is 90.0 Å². The Morgan fingerprint density at radius 3 is 1.68 bits per heavy atom. The molecule has 0 aliphatic rings. The molecule has 6 aromatic rings. The number of benzene rings is 4. The van der Waals surface area contributed by atoms with E-state index in [-0.39, 0.29) is 94.0 Å². The van der Waals surface area contributed by atoms with E-state index in [2.05, 4.69) is 45.4 Å². The number of ether oxygens (including phenoxy) is 3. The molecule has 0 aliphatic heterocycles. The molecule has 0 aliphatic carbocycles. The fourth-order valence-electron chi connectivity index (χ4n) is 6.13. The van der Waals surface area contributed by atoms with Crippen LogP contribution in [0.25, 0.3) is 30.9 Å². The number of aliphatic hydroxyl groups excluding tert-OH is 1. The highest BCUT2D eigenvalue weighted by molar-refractivity contribution is 7.59. The second-order valence-electron chi connectivity index (χ2n) is 14.9. The van der Waals surface area contributed by atoms with Gasteiger partial charge in [-0.05, 0) is 71.0 Å². The molecule has 0 bridgehead atoms. The number of thiazole rings is 2. The zero-order chi connectivity index (χ0) is 52.7. The van der Waals surface area contributed by atoms with Crippen molar-refractivity contribution in [2.75, 3.05) is 46.8 Å². The Morgan fingerprint density at radius 2 is 1.20 bits per heavy atom. The van der Waals surface area contributed by atoms with Gasteiger partial charge < -0.3 is 39.8 Å². The summed E-state index contributed by atoms with van der Waals surface area (Å²) in [6, 6.07) is 21.3. The third-order valence-electron chi connectivity index (χ3n) is 10.2. The van der Waals surface area contributed by atoms with E-state index in [4.69, 9.17) is 33.5 Å². The van der Waals surface area contributed by atoms with E-state index in [1.54, 1.807) is 18.2 Å². The lowest BCUT2D eigenvalue weighted by Gasteiger charge is -2.28. The predicted molar refractivity (Wildman–Crippen MR) is 288 cm³/mol. The van der Waals surface area contributed by atoms with Crippen LogP contribution in [0.1, 0.15) is 46.6 Å². The highest BCUT2D eigenvalue weighted by Crippen LogP contribution is 2.26. The van der Waals surface area contributed by atoms with Crippen molar-refractivity contribution in [3.63, 3.8) is 0 Å². The first-order valence-corrected chi connectivity index (χ1v) is 23.7. The number of azide groups is 1. The zero-order valence-electron chi connectivity index (χ0n) is 40.0. The van der Waals surface area contributed by atoms with E-state index >= 15 is 0 Å². The molecular formula is C46H52Cl2F2N10O10S4. The molecule has 28 heteroatoms. The minimum atomic E-state index is -0.743. The number of para-hydroxylation sites is 2. The Bertz CT molecular complexity index is 2830. The van der Waals surface area contributed by atoms with Crippen LogP contribution in [-0.4, -0.2) is 114 Å². The molecule has 0 radical (unpaired) electrons. The van der Waals surface area contributed by atoms with Crippen molar-refractivity contribution in [1.82, 2.24) is 30.4 Å². The van der Waals surface area contributed by atoms with Gasteiger partial charge in [0.25, 0.3) is 5.91 Å². The molecule has 0 fully saturated rings. The number of anilines is 1. The number of halogens is 4. The lowest BCUT2D eigenvalue weighted by molar-refractivity contribution is -0.141. The topological polar surface area (TPSA) is 267 Å². The summed E-state index contributed by atoms with van der Waals surface area (Å²) in [5.41, 5.74) is 10.4. The molecule has 398 valence electrons. The number of rotatable bonds is 17. The number of likely N-dealkylation sites (N-methyl/N-ethyl adjacent to an activating group) is 2. The predicted octanol–water partition coefficient (Wildman–Crippen LogP) is 9.71. The van der Waals surface area contributed by atoms with Gasteiger partial charge in [0.05, 0.1) is 63.4 Å². The molecule has 0 unspecified atom stereocenters. The second-order valence-corrected chi connectivity index (χ2v) is 17.7. The van der Waals surface area contributed by atoms with Crippen LogP contribution >= 0.6 is 72.9 Å². The lowest BCUT2D eigenvalue weighted by Crippen LogP contribution is -2.46. The maximum atomic E-state index is 13.6. The van der Waals surface area contributed by atoms with Gasteiger partial charge in [0, 0.05) is 44.9 Å². The third kappa shape index (κ3) is 19.7. The molecule has 6 rings (SSSR count). The largest absolute Gasteiger partial charge is 0.469 e. The van der Waals surface area contributed by atoms with Crippen molar-refractivity contribution in [1.29, 1.82) is 0 Å². The number of carbonyl (C=O) groups is 6. The van der Waals surface area contributed by atoms with Crippen LogP contribution in [0, 0.1) is 11.6 Å². The first-order chi connectivity index (χ1) is 34.5. The number of hydrogen-bond acceptors (Lipinski definition) is 14. The Morgan fingerprint density at radius 1 is 0.730 bits per heavy atom. The van der Waals surface area contributed by atoms with Gasteiger partial charge in [-0.2, -0.15) is 27.0 Å². The fraction of sp³-hybridized carbons (Fsp3) is 0.304.